The van der Waals surface area contributed by atoms with E-state index in [1.165, 1.54) is 24.8 Å². The fourth-order valence-corrected chi connectivity index (χ4v) is 2.82. The third kappa shape index (κ3) is 4.38. The fraction of sp³-hybridized carbons (Fsp3) is 0.588. The molecule has 104 valence electrons. The van der Waals surface area contributed by atoms with Gasteiger partial charge in [0.15, 0.2) is 0 Å². The van der Waals surface area contributed by atoms with Crippen LogP contribution in [-0.4, -0.2) is 11.6 Å². The van der Waals surface area contributed by atoms with Gasteiger partial charge >= 0.3 is 5.97 Å². The Balaban J connectivity index is 1.90. The van der Waals surface area contributed by atoms with Gasteiger partial charge in [-0.05, 0) is 32.3 Å². The Bertz CT molecular complexity index is 403. The lowest BCUT2D eigenvalue weighted by molar-refractivity contribution is -0.162. The van der Waals surface area contributed by atoms with Crippen LogP contribution in [0.25, 0.3) is 0 Å². The first-order chi connectivity index (χ1) is 9.07. The van der Waals surface area contributed by atoms with Gasteiger partial charge in [-0.1, -0.05) is 49.6 Å². The Morgan fingerprint density at radius 3 is 2.42 bits per heavy atom. The number of hydrogen-bond acceptors (Lipinski definition) is 2. The first-order valence-electron chi connectivity index (χ1n) is 7.34. The van der Waals surface area contributed by atoms with E-state index in [1.54, 1.807) is 0 Å². The summed E-state index contributed by atoms with van der Waals surface area (Å²) in [6, 6.07) is 10.2. The SMILES string of the molecule is CC(C)(Cc1ccccc1)OC(=O)C1CCCCC1. The minimum atomic E-state index is -0.421. The minimum Gasteiger partial charge on any atom is -0.459 e. The van der Waals surface area contributed by atoms with Gasteiger partial charge in [-0.15, -0.1) is 0 Å². The molecule has 0 heterocycles. The van der Waals surface area contributed by atoms with Crippen LogP contribution >= 0.6 is 0 Å². The van der Waals surface area contributed by atoms with Crippen LogP contribution in [0, 0.1) is 5.92 Å². The van der Waals surface area contributed by atoms with Crippen molar-refractivity contribution in [2.45, 2.75) is 58.0 Å². The van der Waals surface area contributed by atoms with Crippen molar-refractivity contribution in [3.63, 3.8) is 0 Å². The summed E-state index contributed by atoms with van der Waals surface area (Å²) in [5.74, 6) is 0.129. The number of carbonyl (C=O) groups is 1. The molecule has 1 saturated carbocycles. The van der Waals surface area contributed by atoms with Crippen molar-refractivity contribution < 1.29 is 9.53 Å². The van der Waals surface area contributed by atoms with Crippen molar-refractivity contribution in [1.82, 2.24) is 0 Å². The van der Waals surface area contributed by atoms with E-state index in [4.69, 9.17) is 4.74 Å². The summed E-state index contributed by atoms with van der Waals surface area (Å²) >= 11 is 0. The van der Waals surface area contributed by atoms with Crippen LogP contribution in [0.1, 0.15) is 51.5 Å². The quantitative estimate of drug-likeness (QED) is 0.761. The second-order valence-corrected chi connectivity index (χ2v) is 6.18. The van der Waals surface area contributed by atoms with Crippen LogP contribution < -0.4 is 0 Å². The van der Waals surface area contributed by atoms with E-state index in [2.05, 4.69) is 12.1 Å². The standard InChI is InChI=1S/C17H24O2/c1-17(2,13-14-9-5-3-6-10-14)19-16(18)15-11-7-4-8-12-15/h3,5-6,9-10,15H,4,7-8,11-13H2,1-2H3. The van der Waals surface area contributed by atoms with E-state index in [9.17, 15) is 4.79 Å². The molecule has 1 aromatic carbocycles. The largest absolute Gasteiger partial charge is 0.459 e. The molecule has 0 unspecified atom stereocenters. The zero-order chi connectivity index (χ0) is 13.7. The van der Waals surface area contributed by atoms with Gasteiger partial charge in [0.1, 0.15) is 5.60 Å². The molecule has 19 heavy (non-hydrogen) atoms. The molecule has 0 saturated heterocycles. The normalized spacial score (nSPS) is 17.2. The average Bonchev–Trinajstić information content (AvgIpc) is 2.39. The summed E-state index contributed by atoms with van der Waals surface area (Å²) in [6.07, 6.45) is 6.36. The highest BCUT2D eigenvalue weighted by molar-refractivity contribution is 5.73. The Morgan fingerprint density at radius 2 is 1.79 bits per heavy atom. The molecule has 0 aromatic heterocycles. The lowest BCUT2D eigenvalue weighted by Crippen LogP contribution is -2.34. The monoisotopic (exact) mass is 260 g/mol. The molecule has 0 N–H and O–H groups in total. The summed E-state index contributed by atoms with van der Waals surface area (Å²) in [5, 5.41) is 0. The zero-order valence-electron chi connectivity index (χ0n) is 12.0. The van der Waals surface area contributed by atoms with E-state index in [-0.39, 0.29) is 11.9 Å². The van der Waals surface area contributed by atoms with Gasteiger partial charge in [-0.25, -0.2) is 0 Å². The summed E-state index contributed by atoms with van der Waals surface area (Å²) in [5.41, 5.74) is 0.791. The van der Waals surface area contributed by atoms with Crippen molar-refractivity contribution in [2.24, 2.45) is 5.92 Å². The predicted molar refractivity (Wildman–Crippen MR) is 76.9 cm³/mol. The van der Waals surface area contributed by atoms with Crippen molar-refractivity contribution in [2.75, 3.05) is 0 Å². The van der Waals surface area contributed by atoms with E-state index in [0.717, 1.165) is 19.3 Å². The molecule has 0 bridgehead atoms. The van der Waals surface area contributed by atoms with Crippen LogP contribution in [0.5, 0.6) is 0 Å². The number of benzene rings is 1. The van der Waals surface area contributed by atoms with Gasteiger partial charge in [0, 0.05) is 6.42 Å². The lowest BCUT2D eigenvalue weighted by Gasteiger charge is -2.29. The van der Waals surface area contributed by atoms with E-state index in [0.29, 0.717) is 0 Å². The minimum absolute atomic E-state index is 0.000584. The van der Waals surface area contributed by atoms with Crippen LogP contribution in [0.3, 0.4) is 0 Å². The van der Waals surface area contributed by atoms with Crippen LogP contribution in [-0.2, 0) is 16.0 Å². The molecule has 1 aliphatic rings. The molecule has 0 radical (unpaired) electrons. The molecule has 0 atom stereocenters. The lowest BCUT2D eigenvalue weighted by atomic mass is 9.89. The number of ether oxygens (including phenoxy) is 1. The molecular formula is C17H24O2. The van der Waals surface area contributed by atoms with Crippen molar-refractivity contribution in [1.29, 1.82) is 0 Å². The van der Waals surface area contributed by atoms with Crippen molar-refractivity contribution in [3.05, 3.63) is 35.9 Å². The fourth-order valence-electron chi connectivity index (χ4n) is 2.82. The molecule has 1 aromatic rings. The number of rotatable bonds is 4. The van der Waals surface area contributed by atoms with Crippen molar-refractivity contribution >= 4 is 5.97 Å². The highest BCUT2D eigenvalue weighted by Gasteiger charge is 2.29. The Hall–Kier alpha value is -1.31. The molecule has 0 aliphatic heterocycles. The van der Waals surface area contributed by atoms with Gasteiger partial charge in [0.05, 0.1) is 5.92 Å². The third-order valence-electron chi connectivity index (χ3n) is 3.79. The molecule has 1 fully saturated rings. The Kier molecular flexibility index (Phi) is 4.62. The first-order valence-corrected chi connectivity index (χ1v) is 7.34. The maximum atomic E-state index is 12.2. The van der Waals surface area contributed by atoms with E-state index >= 15 is 0 Å². The maximum absolute atomic E-state index is 12.2. The molecule has 2 rings (SSSR count). The number of carbonyl (C=O) groups excluding carboxylic acids is 1. The molecule has 0 spiro atoms. The Labute approximate surface area is 116 Å². The highest BCUT2D eigenvalue weighted by Crippen LogP contribution is 2.27. The van der Waals surface area contributed by atoms with Crippen LogP contribution in [0.15, 0.2) is 30.3 Å². The summed E-state index contributed by atoms with van der Waals surface area (Å²) in [4.78, 5) is 12.2. The van der Waals surface area contributed by atoms with Gasteiger partial charge in [0.2, 0.25) is 0 Å². The van der Waals surface area contributed by atoms with Crippen molar-refractivity contribution in [3.8, 4) is 0 Å². The highest BCUT2D eigenvalue weighted by atomic mass is 16.6. The summed E-state index contributed by atoms with van der Waals surface area (Å²) in [7, 11) is 0. The van der Waals surface area contributed by atoms with E-state index in [1.807, 2.05) is 32.0 Å². The molecule has 1 aliphatic carbocycles. The second-order valence-electron chi connectivity index (χ2n) is 6.18. The predicted octanol–water partition coefficient (Wildman–Crippen LogP) is 4.13. The molecular weight excluding hydrogens is 236 g/mol. The van der Waals surface area contributed by atoms with Gasteiger partial charge in [-0.2, -0.15) is 0 Å². The van der Waals surface area contributed by atoms with Gasteiger partial charge in [0.25, 0.3) is 0 Å². The van der Waals surface area contributed by atoms with E-state index < -0.39 is 5.60 Å². The summed E-state index contributed by atoms with van der Waals surface area (Å²) in [6.45, 7) is 4.00. The van der Waals surface area contributed by atoms with Gasteiger partial charge < -0.3 is 4.74 Å². The summed E-state index contributed by atoms with van der Waals surface area (Å²) < 4.78 is 5.74. The molecule has 0 amide bonds. The van der Waals surface area contributed by atoms with Crippen LogP contribution in [0.4, 0.5) is 0 Å². The molecule has 2 nitrogen and oxygen atoms in total. The van der Waals surface area contributed by atoms with Crippen LogP contribution in [0.2, 0.25) is 0 Å². The third-order valence-corrected chi connectivity index (χ3v) is 3.79. The second kappa shape index (κ2) is 6.23. The topological polar surface area (TPSA) is 26.3 Å². The zero-order valence-corrected chi connectivity index (χ0v) is 12.0. The number of esters is 1. The first kappa shape index (κ1) is 14.1. The average molecular weight is 260 g/mol. The maximum Gasteiger partial charge on any atom is 0.309 e. The molecule has 2 heteroatoms. The smallest absolute Gasteiger partial charge is 0.309 e. The Morgan fingerprint density at radius 1 is 1.16 bits per heavy atom. The number of hydrogen-bond donors (Lipinski definition) is 0. The van der Waals surface area contributed by atoms with Gasteiger partial charge in [-0.3, -0.25) is 4.79 Å².